The van der Waals surface area contributed by atoms with Crippen molar-refractivity contribution in [1.29, 1.82) is 0 Å². The summed E-state index contributed by atoms with van der Waals surface area (Å²) in [6.07, 6.45) is 6.43. The molecule has 0 fully saturated rings. The number of nitrogens with zero attached hydrogens (tertiary/aromatic N) is 7. The van der Waals surface area contributed by atoms with Crippen LogP contribution in [0, 0.1) is 13.8 Å². The third-order valence-electron chi connectivity index (χ3n) is 5.67. The van der Waals surface area contributed by atoms with Gasteiger partial charge in [0, 0.05) is 63.2 Å². The Labute approximate surface area is 186 Å². The van der Waals surface area contributed by atoms with Gasteiger partial charge in [0.2, 0.25) is 6.41 Å². The lowest BCUT2D eigenvalue weighted by atomic mass is 10.0. The highest BCUT2D eigenvalue weighted by atomic mass is 16.5. The minimum atomic E-state index is 0.692. The van der Waals surface area contributed by atoms with Crippen molar-refractivity contribution in [2.24, 2.45) is 14.1 Å². The number of ether oxygens (including phenoxy) is 1. The number of aryl methyl sites for hydroxylation is 4. The van der Waals surface area contributed by atoms with E-state index in [1.165, 1.54) is 4.90 Å². The summed E-state index contributed by atoms with van der Waals surface area (Å²) in [5.74, 6) is 0.712. The number of methoxy groups -OCH3 is 1. The van der Waals surface area contributed by atoms with Crippen molar-refractivity contribution in [2.45, 2.75) is 13.8 Å². The fourth-order valence-electron chi connectivity index (χ4n) is 4.14. The van der Waals surface area contributed by atoms with E-state index in [4.69, 9.17) is 4.74 Å². The van der Waals surface area contributed by atoms with E-state index in [1.807, 2.05) is 58.4 Å². The summed E-state index contributed by atoms with van der Waals surface area (Å²) in [4.78, 5) is 19.9. The van der Waals surface area contributed by atoms with Crippen LogP contribution in [0.5, 0.6) is 5.75 Å². The molecule has 0 aliphatic rings. The Morgan fingerprint density at radius 3 is 2.22 bits per heavy atom. The first-order valence-corrected chi connectivity index (χ1v) is 10.2. The molecule has 0 radical (unpaired) electrons. The molecular formula is C23H27N7O2. The molecule has 166 valence electrons. The molecule has 0 unspecified atom stereocenters. The van der Waals surface area contributed by atoms with Gasteiger partial charge in [-0.3, -0.25) is 19.1 Å². The van der Waals surface area contributed by atoms with Crippen LogP contribution in [0.4, 0.5) is 17.1 Å². The Hall–Kier alpha value is -3.88. The highest BCUT2D eigenvalue weighted by Gasteiger charge is 2.22. The topological polar surface area (TPSA) is 81.3 Å². The summed E-state index contributed by atoms with van der Waals surface area (Å²) in [6, 6.07) is 3.99. The van der Waals surface area contributed by atoms with Crippen molar-refractivity contribution in [3.05, 3.63) is 42.1 Å². The molecule has 3 heterocycles. The van der Waals surface area contributed by atoms with Gasteiger partial charge in [-0.15, -0.1) is 0 Å². The fourth-order valence-corrected chi connectivity index (χ4v) is 4.14. The predicted octanol–water partition coefficient (Wildman–Crippen LogP) is 3.35. The predicted molar refractivity (Wildman–Crippen MR) is 126 cm³/mol. The zero-order valence-electron chi connectivity index (χ0n) is 19.4. The van der Waals surface area contributed by atoms with Crippen LogP contribution in [0.3, 0.4) is 0 Å². The van der Waals surface area contributed by atoms with Gasteiger partial charge in [0.25, 0.3) is 0 Å². The maximum Gasteiger partial charge on any atom is 0.213 e. The Bertz CT molecular complexity index is 1320. The molecule has 4 aromatic rings. The number of anilines is 3. The number of pyridine rings is 1. The van der Waals surface area contributed by atoms with Crippen molar-refractivity contribution < 1.29 is 9.53 Å². The molecule has 32 heavy (non-hydrogen) atoms. The van der Waals surface area contributed by atoms with Gasteiger partial charge in [-0.05, 0) is 19.9 Å². The number of hydrogen-bond donors (Lipinski definition) is 0. The van der Waals surface area contributed by atoms with Crippen LogP contribution in [0.25, 0.3) is 22.0 Å². The molecule has 4 rings (SSSR count). The molecule has 0 spiro atoms. The average Bonchev–Trinajstić information content (AvgIpc) is 3.29. The van der Waals surface area contributed by atoms with Gasteiger partial charge in [-0.1, -0.05) is 0 Å². The Morgan fingerprint density at radius 1 is 0.969 bits per heavy atom. The van der Waals surface area contributed by atoms with Gasteiger partial charge in [0.05, 0.1) is 47.3 Å². The Kier molecular flexibility index (Phi) is 5.33. The zero-order chi connectivity index (χ0) is 23.2. The average molecular weight is 434 g/mol. The highest BCUT2D eigenvalue weighted by molar-refractivity contribution is 6.05. The van der Waals surface area contributed by atoms with Crippen molar-refractivity contribution in [2.75, 3.05) is 31.0 Å². The first-order valence-electron chi connectivity index (χ1n) is 10.2. The first kappa shape index (κ1) is 21.4. The summed E-state index contributed by atoms with van der Waals surface area (Å²) in [5.41, 5.74) is 6.92. The van der Waals surface area contributed by atoms with Crippen LogP contribution in [0.15, 0.2) is 30.7 Å². The minimum absolute atomic E-state index is 0.692. The van der Waals surface area contributed by atoms with E-state index >= 15 is 0 Å². The molecule has 0 bridgehead atoms. The van der Waals surface area contributed by atoms with Crippen LogP contribution >= 0.6 is 0 Å². The van der Waals surface area contributed by atoms with Crippen LogP contribution in [0.1, 0.15) is 11.4 Å². The third-order valence-corrected chi connectivity index (χ3v) is 5.67. The monoisotopic (exact) mass is 433 g/mol. The molecule has 0 saturated carbocycles. The number of benzene rings is 1. The summed E-state index contributed by atoms with van der Waals surface area (Å²) < 4.78 is 9.27. The van der Waals surface area contributed by atoms with Gasteiger partial charge in [-0.2, -0.15) is 10.2 Å². The van der Waals surface area contributed by atoms with Gasteiger partial charge in [0.1, 0.15) is 5.75 Å². The Morgan fingerprint density at radius 2 is 1.66 bits per heavy atom. The fraction of sp³-hybridized carbons (Fsp3) is 0.304. The molecule has 3 aromatic heterocycles. The number of carbonyl (C=O) groups excluding carboxylic acids is 1. The second kappa shape index (κ2) is 7.99. The lowest BCUT2D eigenvalue weighted by Gasteiger charge is -2.26. The second-order valence-electron chi connectivity index (χ2n) is 7.91. The summed E-state index contributed by atoms with van der Waals surface area (Å²) >= 11 is 0. The quantitative estimate of drug-likeness (QED) is 0.434. The van der Waals surface area contributed by atoms with E-state index in [0.717, 1.165) is 51.2 Å². The van der Waals surface area contributed by atoms with Crippen molar-refractivity contribution in [1.82, 2.24) is 24.5 Å². The van der Waals surface area contributed by atoms with E-state index < -0.39 is 0 Å². The molecule has 1 aromatic carbocycles. The molecule has 9 nitrogen and oxygen atoms in total. The minimum Gasteiger partial charge on any atom is -0.496 e. The Balaban J connectivity index is 2.06. The van der Waals surface area contributed by atoms with Gasteiger partial charge in [-0.25, -0.2) is 0 Å². The number of hydrogen-bond acceptors (Lipinski definition) is 6. The molecule has 0 aliphatic carbocycles. The summed E-state index contributed by atoms with van der Waals surface area (Å²) in [5, 5.41) is 9.87. The highest BCUT2D eigenvalue weighted by Crippen LogP contribution is 2.43. The van der Waals surface area contributed by atoms with Crippen LogP contribution < -0.4 is 14.5 Å². The largest absolute Gasteiger partial charge is 0.496 e. The van der Waals surface area contributed by atoms with E-state index in [2.05, 4.69) is 21.2 Å². The third kappa shape index (κ3) is 3.45. The van der Waals surface area contributed by atoms with Crippen LogP contribution in [-0.4, -0.2) is 52.2 Å². The smallest absolute Gasteiger partial charge is 0.213 e. The van der Waals surface area contributed by atoms with Gasteiger partial charge < -0.3 is 14.5 Å². The van der Waals surface area contributed by atoms with Crippen molar-refractivity contribution in [3.8, 4) is 16.9 Å². The summed E-state index contributed by atoms with van der Waals surface area (Å²) in [7, 11) is 9.13. The number of fused-ring (bicyclic) bond motifs is 1. The molecule has 0 saturated heterocycles. The standard InChI is InChI=1S/C23H27N7O2/c1-14-18(11-28(4)25-14)16-8-17-19(9-22(16)32-7)24-10-20(27(3)13-31)23(17)30(6)21-12-29(5)26-15(21)2/h8-13H,1-7H3. The van der Waals surface area contributed by atoms with E-state index in [1.54, 1.807) is 29.7 Å². The molecule has 0 aliphatic heterocycles. The zero-order valence-corrected chi connectivity index (χ0v) is 19.4. The maximum atomic E-state index is 11.7. The molecule has 0 atom stereocenters. The summed E-state index contributed by atoms with van der Waals surface area (Å²) in [6.45, 7) is 3.94. The van der Waals surface area contributed by atoms with Crippen LogP contribution in [0.2, 0.25) is 0 Å². The number of aromatic nitrogens is 5. The number of rotatable bonds is 6. The van der Waals surface area contributed by atoms with E-state index in [9.17, 15) is 4.79 Å². The molecular weight excluding hydrogens is 406 g/mol. The maximum absolute atomic E-state index is 11.7. The van der Waals surface area contributed by atoms with Crippen molar-refractivity contribution >= 4 is 34.4 Å². The first-order chi connectivity index (χ1) is 15.2. The second-order valence-corrected chi connectivity index (χ2v) is 7.91. The van der Waals surface area contributed by atoms with E-state index in [0.29, 0.717) is 11.4 Å². The van der Waals surface area contributed by atoms with Gasteiger partial charge in [0.15, 0.2) is 0 Å². The molecule has 0 N–H and O–H groups in total. The van der Waals surface area contributed by atoms with Crippen LogP contribution in [-0.2, 0) is 18.9 Å². The van der Waals surface area contributed by atoms with Gasteiger partial charge >= 0.3 is 0 Å². The SMILES string of the molecule is COc1cc2ncc(N(C)C=O)c(N(C)c3cn(C)nc3C)c2cc1-c1cn(C)nc1C. The lowest BCUT2D eigenvalue weighted by Crippen LogP contribution is -2.20. The number of amides is 1. The van der Waals surface area contributed by atoms with E-state index in [-0.39, 0.29) is 0 Å². The number of carbonyl (C=O) groups is 1. The van der Waals surface area contributed by atoms with Crippen molar-refractivity contribution in [3.63, 3.8) is 0 Å². The molecule has 1 amide bonds. The normalized spacial score (nSPS) is 11.1. The lowest BCUT2D eigenvalue weighted by molar-refractivity contribution is -0.107. The molecule has 9 heteroatoms.